The number of aromatic nitrogens is 3. The largest absolute Gasteiger partial charge is 0.491 e. The first kappa shape index (κ1) is 35.2. The number of anilines is 2. The summed E-state index contributed by atoms with van der Waals surface area (Å²) in [6, 6.07) is 22.9. The highest BCUT2D eigenvalue weighted by molar-refractivity contribution is 7.99. The Bertz CT molecular complexity index is 1620. The van der Waals surface area contributed by atoms with E-state index in [4.69, 9.17) is 9.47 Å². The van der Waals surface area contributed by atoms with E-state index in [0.717, 1.165) is 109 Å². The Hall–Kier alpha value is -4.08. The van der Waals surface area contributed by atoms with Gasteiger partial charge in [-0.3, -0.25) is 4.79 Å². The van der Waals surface area contributed by atoms with E-state index in [2.05, 4.69) is 94.3 Å². The Morgan fingerprint density at radius 1 is 0.896 bits per heavy atom. The summed E-state index contributed by atoms with van der Waals surface area (Å²) >= 11 is 1.78. The van der Waals surface area contributed by atoms with E-state index in [1.165, 1.54) is 5.69 Å². The first-order chi connectivity index (χ1) is 23.6. The second-order valence-corrected chi connectivity index (χ2v) is 13.2. The molecule has 0 fully saturated rings. The van der Waals surface area contributed by atoms with Crippen LogP contribution in [0.15, 0.2) is 83.5 Å². The molecule has 0 spiro atoms. The summed E-state index contributed by atoms with van der Waals surface area (Å²) in [5, 5.41) is 11.5. The molecule has 8 nitrogen and oxygen atoms in total. The van der Waals surface area contributed by atoms with Crippen LogP contribution in [0, 0.1) is 0 Å². The summed E-state index contributed by atoms with van der Waals surface area (Å²) in [6.07, 6.45) is 9.74. The molecular weight excluding hydrogens is 619 g/mol. The number of rotatable bonds is 18. The number of hydrogen-bond donors (Lipinski definition) is 1. The topological polar surface area (TPSA) is 81.5 Å². The second-order valence-electron chi connectivity index (χ2n) is 12.0. The maximum Gasteiger partial charge on any atom is 0.251 e. The average Bonchev–Trinajstić information content (AvgIpc) is 3.46. The fourth-order valence-corrected chi connectivity index (χ4v) is 6.62. The Kier molecular flexibility index (Phi) is 13.5. The molecule has 1 aliphatic heterocycles. The minimum Gasteiger partial charge on any atom is -0.491 e. The molecule has 0 atom stereocenters. The number of aryl methyl sites for hydroxylation is 2. The molecule has 0 saturated carbocycles. The predicted molar refractivity (Wildman–Crippen MR) is 198 cm³/mol. The summed E-state index contributed by atoms with van der Waals surface area (Å²) in [7, 11) is 0. The Balaban J connectivity index is 1.22. The number of unbranched alkanes of at least 4 members (excludes halogenated alkanes) is 1. The first-order valence-electron chi connectivity index (χ1n) is 17.4. The van der Waals surface area contributed by atoms with Gasteiger partial charge < -0.3 is 24.3 Å². The van der Waals surface area contributed by atoms with Crippen LogP contribution in [0.2, 0.25) is 0 Å². The number of hydrogen-bond acceptors (Lipinski definition) is 7. The summed E-state index contributed by atoms with van der Waals surface area (Å²) in [4.78, 5) is 17.1. The number of amides is 1. The number of benzene rings is 3. The smallest absolute Gasteiger partial charge is 0.251 e. The van der Waals surface area contributed by atoms with Gasteiger partial charge in [-0.1, -0.05) is 45.4 Å². The second kappa shape index (κ2) is 18.5. The molecular formula is C39H49N5O3S. The van der Waals surface area contributed by atoms with Gasteiger partial charge in [0.15, 0.2) is 0 Å². The van der Waals surface area contributed by atoms with Gasteiger partial charge in [0.25, 0.3) is 5.91 Å². The van der Waals surface area contributed by atoms with Crippen LogP contribution in [0.5, 0.6) is 5.75 Å². The van der Waals surface area contributed by atoms with Crippen molar-refractivity contribution >= 4 is 35.1 Å². The van der Waals surface area contributed by atoms with Gasteiger partial charge in [0.2, 0.25) is 0 Å². The maximum atomic E-state index is 13.6. The van der Waals surface area contributed by atoms with Gasteiger partial charge >= 0.3 is 0 Å². The van der Waals surface area contributed by atoms with Gasteiger partial charge in [0, 0.05) is 60.3 Å². The van der Waals surface area contributed by atoms with Gasteiger partial charge in [-0.05, 0) is 97.0 Å². The van der Waals surface area contributed by atoms with Gasteiger partial charge in [0.1, 0.15) is 24.5 Å². The predicted octanol–water partition coefficient (Wildman–Crippen LogP) is 8.53. The van der Waals surface area contributed by atoms with Gasteiger partial charge in [-0.2, -0.15) is 0 Å². The lowest BCUT2D eigenvalue weighted by molar-refractivity contribution is -0.112. The highest BCUT2D eigenvalue weighted by Crippen LogP contribution is 2.33. The summed E-state index contributed by atoms with van der Waals surface area (Å²) in [6.45, 7) is 11.1. The standard InChI is InChI=1S/C39H49N5O3S/c1-4-7-23-46-24-25-47-35-13-8-30(9-14-35)31-10-17-37-33(27-31)28-32(18-22-43(37)20-5-2)39(45)41-34-11-15-36(16-12-34)48-26-19-38-42-40-29-44(38)21-6-3/h8-17,27-29H,4-7,18-26H2,1-3H3,(H,41,45). The van der Waals surface area contributed by atoms with Crippen molar-refractivity contribution in [2.45, 2.75) is 70.7 Å². The normalized spacial score (nSPS) is 12.7. The summed E-state index contributed by atoms with van der Waals surface area (Å²) in [5.41, 5.74) is 6.03. The van der Waals surface area contributed by atoms with Gasteiger partial charge in [-0.15, -0.1) is 22.0 Å². The fourth-order valence-electron chi connectivity index (χ4n) is 5.77. The molecule has 2 heterocycles. The average molecular weight is 668 g/mol. The van der Waals surface area contributed by atoms with Gasteiger partial charge in [-0.25, -0.2) is 0 Å². The summed E-state index contributed by atoms with van der Waals surface area (Å²) < 4.78 is 13.6. The zero-order valence-corrected chi connectivity index (χ0v) is 29.4. The number of nitrogens with one attached hydrogen (secondary N) is 1. The molecule has 1 aliphatic rings. The molecule has 1 aromatic heterocycles. The van der Waals surface area contributed by atoms with E-state index in [1.54, 1.807) is 11.8 Å². The number of carbonyl (C=O) groups excluding carboxylic acids is 1. The number of ether oxygens (including phenoxy) is 2. The van der Waals surface area contributed by atoms with Crippen molar-refractivity contribution in [3.63, 3.8) is 0 Å². The highest BCUT2D eigenvalue weighted by atomic mass is 32.2. The van der Waals surface area contributed by atoms with Crippen molar-refractivity contribution in [3.8, 4) is 16.9 Å². The van der Waals surface area contributed by atoms with Crippen LogP contribution in [0.3, 0.4) is 0 Å². The molecule has 9 heteroatoms. The highest BCUT2D eigenvalue weighted by Gasteiger charge is 2.20. The van der Waals surface area contributed by atoms with E-state index in [-0.39, 0.29) is 5.91 Å². The SMILES string of the molecule is CCCCOCCOc1ccc(-c2ccc3c(c2)C=C(C(=O)Nc2ccc(SCCc4nncn4CCC)cc2)CCN3CCC)cc1. The number of carbonyl (C=O) groups is 1. The zero-order chi connectivity index (χ0) is 33.6. The molecule has 1 amide bonds. The van der Waals surface area contributed by atoms with Crippen LogP contribution in [-0.2, 0) is 22.5 Å². The van der Waals surface area contributed by atoms with Crippen LogP contribution < -0.4 is 15.0 Å². The monoisotopic (exact) mass is 667 g/mol. The molecule has 48 heavy (non-hydrogen) atoms. The number of thioether (sulfide) groups is 1. The van der Waals surface area contributed by atoms with Crippen molar-refractivity contribution < 1.29 is 14.3 Å². The molecule has 0 radical (unpaired) electrons. The summed E-state index contributed by atoms with van der Waals surface area (Å²) in [5.74, 6) is 2.72. The van der Waals surface area contributed by atoms with Crippen molar-refractivity contribution in [2.24, 2.45) is 0 Å². The Labute approximate surface area is 289 Å². The molecule has 5 rings (SSSR count). The molecule has 4 aromatic rings. The third-order valence-corrected chi connectivity index (χ3v) is 9.34. The molecule has 254 valence electrons. The maximum absolute atomic E-state index is 13.6. The third-order valence-electron chi connectivity index (χ3n) is 8.33. The zero-order valence-electron chi connectivity index (χ0n) is 28.6. The van der Waals surface area contributed by atoms with E-state index >= 15 is 0 Å². The van der Waals surface area contributed by atoms with Crippen LogP contribution in [0.25, 0.3) is 17.2 Å². The molecule has 3 aromatic carbocycles. The van der Waals surface area contributed by atoms with E-state index in [0.29, 0.717) is 19.6 Å². The number of fused-ring (bicyclic) bond motifs is 1. The van der Waals surface area contributed by atoms with Crippen molar-refractivity contribution in [3.05, 3.63) is 90.0 Å². The lowest BCUT2D eigenvalue weighted by Gasteiger charge is -2.25. The van der Waals surface area contributed by atoms with Crippen molar-refractivity contribution in [1.82, 2.24) is 14.8 Å². The minimum absolute atomic E-state index is 0.0551. The Morgan fingerprint density at radius 2 is 1.69 bits per heavy atom. The minimum atomic E-state index is -0.0551. The number of nitrogens with zero attached hydrogens (tertiary/aromatic N) is 4. The van der Waals surface area contributed by atoms with E-state index in [1.807, 2.05) is 30.6 Å². The fraction of sp³-hybridized carbons (Fsp3) is 0.410. The van der Waals surface area contributed by atoms with Crippen molar-refractivity contribution in [2.75, 3.05) is 48.9 Å². The van der Waals surface area contributed by atoms with Crippen LogP contribution in [0.1, 0.15) is 64.3 Å². The molecule has 1 N–H and O–H groups in total. The third kappa shape index (κ3) is 9.97. The van der Waals surface area contributed by atoms with Crippen LogP contribution in [-0.4, -0.2) is 59.3 Å². The van der Waals surface area contributed by atoms with E-state index < -0.39 is 0 Å². The molecule has 0 aliphatic carbocycles. The lowest BCUT2D eigenvalue weighted by atomic mass is 10.00. The van der Waals surface area contributed by atoms with Gasteiger partial charge in [0.05, 0.1) is 6.61 Å². The molecule has 0 saturated heterocycles. The van der Waals surface area contributed by atoms with Crippen LogP contribution >= 0.6 is 11.8 Å². The quantitative estimate of drug-likeness (QED) is 0.0842. The van der Waals surface area contributed by atoms with Crippen LogP contribution in [0.4, 0.5) is 11.4 Å². The molecule has 0 bridgehead atoms. The van der Waals surface area contributed by atoms with E-state index in [9.17, 15) is 4.79 Å². The van der Waals surface area contributed by atoms with Crippen molar-refractivity contribution in [1.29, 1.82) is 0 Å². The first-order valence-corrected chi connectivity index (χ1v) is 18.4. The lowest BCUT2D eigenvalue weighted by Crippen LogP contribution is -2.26. The Morgan fingerprint density at radius 3 is 2.46 bits per heavy atom. The molecule has 0 unspecified atom stereocenters.